The summed E-state index contributed by atoms with van der Waals surface area (Å²) in [6.07, 6.45) is 1.98. The van der Waals surface area contributed by atoms with Gasteiger partial charge >= 0.3 is 0 Å². The first-order chi connectivity index (χ1) is 13.5. The van der Waals surface area contributed by atoms with Crippen molar-refractivity contribution >= 4 is 17.5 Å². The van der Waals surface area contributed by atoms with Crippen molar-refractivity contribution in [3.05, 3.63) is 59.9 Å². The Morgan fingerprint density at radius 2 is 1.96 bits per heavy atom. The van der Waals surface area contributed by atoms with Crippen LogP contribution in [0.1, 0.15) is 23.2 Å². The highest BCUT2D eigenvalue weighted by atomic mass is 19.1. The Morgan fingerprint density at radius 3 is 2.68 bits per heavy atom. The Balaban J connectivity index is 1.58. The molecule has 1 N–H and O–H groups in total. The molecular weight excluding hydrogens is 363 g/mol. The average Bonchev–Trinajstić information content (AvgIpc) is 3.24. The number of benzene rings is 2. The molecule has 0 aliphatic carbocycles. The van der Waals surface area contributed by atoms with Crippen molar-refractivity contribution in [2.45, 2.75) is 18.9 Å². The summed E-state index contributed by atoms with van der Waals surface area (Å²) in [6, 6.07) is 12.4. The summed E-state index contributed by atoms with van der Waals surface area (Å²) in [4.78, 5) is 26.2. The maximum Gasteiger partial charge on any atom is 0.264 e. The van der Waals surface area contributed by atoms with Crippen molar-refractivity contribution in [3.63, 3.8) is 0 Å². The van der Waals surface area contributed by atoms with Crippen LogP contribution in [0.3, 0.4) is 0 Å². The number of anilines is 1. The first-order valence-corrected chi connectivity index (χ1v) is 9.18. The lowest BCUT2D eigenvalue weighted by Crippen LogP contribution is -2.33. The molecule has 28 heavy (non-hydrogen) atoms. The molecule has 1 atom stereocenters. The van der Waals surface area contributed by atoms with Gasteiger partial charge in [0, 0.05) is 25.9 Å². The van der Waals surface area contributed by atoms with E-state index in [4.69, 9.17) is 9.47 Å². The van der Waals surface area contributed by atoms with Crippen LogP contribution in [0, 0.1) is 5.82 Å². The summed E-state index contributed by atoms with van der Waals surface area (Å²) in [7, 11) is 1.58. The van der Waals surface area contributed by atoms with E-state index < -0.39 is 0 Å². The lowest BCUT2D eigenvalue weighted by Gasteiger charge is -2.18. The molecule has 0 bridgehead atoms. The molecule has 1 fully saturated rings. The lowest BCUT2D eigenvalue weighted by molar-refractivity contribution is -0.120. The van der Waals surface area contributed by atoms with Crippen molar-refractivity contribution in [1.82, 2.24) is 5.32 Å². The minimum Gasteiger partial charge on any atom is -0.483 e. The molecule has 2 amide bonds. The minimum atomic E-state index is -0.371. The van der Waals surface area contributed by atoms with Gasteiger partial charge < -0.3 is 19.7 Å². The SMILES string of the molecule is CN(C(=O)COc1ccccc1C(=O)NC[C@@H]1CCCO1)c1ccc(F)cc1. The second-order valence-corrected chi connectivity index (χ2v) is 6.56. The first-order valence-electron chi connectivity index (χ1n) is 9.18. The van der Waals surface area contributed by atoms with E-state index in [1.54, 1.807) is 31.3 Å². The third-order valence-electron chi connectivity index (χ3n) is 4.59. The van der Waals surface area contributed by atoms with Crippen LogP contribution in [0.5, 0.6) is 5.75 Å². The lowest BCUT2D eigenvalue weighted by atomic mass is 10.1. The quantitative estimate of drug-likeness (QED) is 0.795. The minimum absolute atomic E-state index is 0.0444. The summed E-state index contributed by atoms with van der Waals surface area (Å²) in [6.45, 7) is 0.924. The van der Waals surface area contributed by atoms with Gasteiger partial charge in [0.25, 0.3) is 11.8 Å². The smallest absolute Gasteiger partial charge is 0.264 e. The second kappa shape index (κ2) is 9.32. The van der Waals surface area contributed by atoms with E-state index in [1.807, 2.05) is 0 Å². The molecule has 0 saturated carbocycles. The maximum absolute atomic E-state index is 13.0. The van der Waals surface area contributed by atoms with Crippen LogP contribution < -0.4 is 15.0 Å². The fourth-order valence-electron chi connectivity index (χ4n) is 2.93. The number of nitrogens with zero attached hydrogens (tertiary/aromatic N) is 1. The summed E-state index contributed by atoms with van der Waals surface area (Å²) in [5.41, 5.74) is 0.912. The van der Waals surface area contributed by atoms with Gasteiger partial charge in [0.05, 0.1) is 11.7 Å². The molecule has 1 saturated heterocycles. The van der Waals surface area contributed by atoms with Gasteiger partial charge in [-0.25, -0.2) is 4.39 Å². The Labute approximate surface area is 163 Å². The summed E-state index contributed by atoms with van der Waals surface area (Å²) >= 11 is 0. The topological polar surface area (TPSA) is 67.9 Å². The molecule has 1 heterocycles. The van der Waals surface area contributed by atoms with Gasteiger partial charge in [-0.2, -0.15) is 0 Å². The highest BCUT2D eigenvalue weighted by Gasteiger charge is 2.19. The van der Waals surface area contributed by atoms with Gasteiger partial charge in [0.15, 0.2) is 6.61 Å². The number of rotatable bonds is 7. The molecule has 6 nitrogen and oxygen atoms in total. The van der Waals surface area contributed by atoms with Gasteiger partial charge in [-0.15, -0.1) is 0 Å². The zero-order valence-electron chi connectivity index (χ0n) is 15.7. The number of amides is 2. The van der Waals surface area contributed by atoms with E-state index in [1.165, 1.54) is 29.2 Å². The van der Waals surface area contributed by atoms with E-state index in [-0.39, 0.29) is 30.3 Å². The van der Waals surface area contributed by atoms with Crippen LogP contribution in [0.15, 0.2) is 48.5 Å². The predicted molar refractivity (Wildman–Crippen MR) is 103 cm³/mol. The number of halogens is 1. The average molecular weight is 386 g/mol. The van der Waals surface area contributed by atoms with E-state index in [2.05, 4.69) is 5.32 Å². The molecule has 0 spiro atoms. The Hall–Kier alpha value is -2.93. The number of carbonyl (C=O) groups excluding carboxylic acids is 2. The van der Waals surface area contributed by atoms with Crippen LogP contribution in [0.25, 0.3) is 0 Å². The molecule has 2 aromatic rings. The van der Waals surface area contributed by atoms with Crippen molar-refractivity contribution in [1.29, 1.82) is 0 Å². The monoisotopic (exact) mass is 386 g/mol. The largest absolute Gasteiger partial charge is 0.483 e. The van der Waals surface area contributed by atoms with Crippen LogP contribution in [-0.2, 0) is 9.53 Å². The zero-order chi connectivity index (χ0) is 19.9. The van der Waals surface area contributed by atoms with Crippen LogP contribution >= 0.6 is 0 Å². The Kier molecular flexibility index (Phi) is 6.60. The molecule has 1 aliphatic heterocycles. The van der Waals surface area contributed by atoms with Crippen molar-refractivity contribution in [2.75, 3.05) is 31.7 Å². The summed E-state index contributed by atoms with van der Waals surface area (Å²) < 4.78 is 24.1. The number of likely N-dealkylation sites (N-methyl/N-ethyl adjacent to an activating group) is 1. The number of nitrogens with one attached hydrogen (secondary N) is 1. The van der Waals surface area contributed by atoms with Crippen molar-refractivity contribution in [3.8, 4) is 5.75 Å². The van der Waals surface area contributed by atoms with Crippen LogP contribution in [0.4, 0.5) is 10.1 Å². The Morgan fingerprint density at radius 1 is 1.21 bits per heavy atom. The molecule has 148 valence electrons. The maximum atomic E-state index is 13.0. The summed E-state index contributed by atoms with van der Waals surface area (Å²) in [5.74, 6) is -0.636. The predicted octanol–water partition coefficient (Wildman–Crippen LogP) is 2.78. The Bertz CT molecular complexity index is 819. The van der Waals surface area contributed by atoms with E-state index in [0.29, 0.717) is 23.5 Å². The van der Waals surface area contributed by atoms with Gasteiger partial charge in [0.2, 0.25) is 0 Å². The van der Waals surface area contributed by atoms with Crippen LogP contribution in [-0.4, -0.2) is 44.7 Å². The van der Waals surface area contributed by atoms with Crippen molar-refractivity contribution in [2.24, 2.45) is 0 Å². The van der Waals surface area contributed by atoms with Gasteiger partial charge in [-0.3, -0.25) is 9.59 Å². The van der Waals surface area contributed by atoms with Crippen molar-refractivity contribution < 1.29 is 23.5 Å². The second-order valence-electron chi connectivity index (χ2n) is 6.56. The van der Waals surface area contributed by atoms with E-state index >= 15 is 0 Å². The van der Waals surface area contributed by atoms with Gasteiger partial charge in [0.1, 0.15) is 11.6 Å². The third kappa shape index (κ3) is 5.07. The van der Waals surface area contributed by atoms with E-state index in [0.717, 1.165) is 19.4 Å². The highest BCUT2D eigenvalue weighted by Crippen LogP contribution is 2.19. The first kappa shape index (κ1) is 19.8. The normalized spacial score (nSPS) is 15.9. The molecule has 1 aliphatic rings. The van der Waals surface area contributed by atoms with Gasteiger partial charge in [-0.05, 0) is 49.2 Å². The molecule has 0 aromatic heterocycles. The number of para-hydroxylation sites is 1. The molecule has 3 rings (SSSR count). The third-order valence-corrected chi connectivity index (χ3v) is 4.59. The number of carbonyl (C=O) groups is 2. The number of hydrogen-bond acceptors (Lipinski definition) is 4. The molecule has 0 unspecified atom stereocenters. The fraction of sp³-hybridized carbons (Fsp3) is 0.333. The number of hydrogen-bond donors (Lipinski definition) is 1. The standard InChI is InChI=1S/C21H23FN2O4/c1-24(16-10-8-15(22)9-11-16)20(25)14-28-19-7-3-2-6-18(19)21(26)23-13-17-5-4-12-27-17/h2-3,6-11,17H,4-5,12-14H2,1H3,(H,23,26)/t17-/m0/s1. The molecule has 7 heteroatoms. The summed E-state index contributed by atoms with van der Waals surface area (Å²) in [5, 5.41) is 2.85. The van der Waals surface area contributed by atoms with Gasteiger partial charge in [-0.1, -0.05) is 12.1 Å². The molecular formula is C21H23FN2O4. The van der Waals surface area contributed by atoms with E-state index in [9.17, 15) is 14.0 Å². The van der Waals surface area contributed by atoms with Crippen LogP contribution in [0.2, 0.25) is 0 Å². The zero-order valence-corrected chi connectivity index (χ0v) is 15.7. The number of ether oxygens (including phenoxy) is 2. The highest BCUT2D eigenvalue weighted by molar-refractivity contribution is 5.97. The molecule has 2 aromatic carbocycles. The molecule has 0 radical (unpaired) electrons. The fourth-order valence-corrected chi connectivity index (χ4v) is 2.93.